The van der Waals surface area contributed by atoms with E-state index in [4.69, 9.17) is 10.2 Å². The molecule has 1 aliphatic heterocycles. The lowest BCUT2D eigenvalue weighted by atomic mass is 10.0. The van der Waals surface area contributed by atoms with E-state index in [1.165, 1.54) is 12.1 Å². The van der Waals surface area contributed by atoms with Crippen molar-refractivity contribution >= 4 is 16.6 Å². The van der Waals surface area contributed by atoms with Crippen LogP contribution in [0.5, 0.6) is 0 Å². The first-order valence-electron chi connectivity index (χ1n) is 10.3. The maximum absolute atomic E-state index is 15.4. The summed E-state index contributed by atoms with van der Waals surface area (Å²) in [6, 6.07) is 2.95. The van der Waals surface area contributed by atoms with Gasteiger partial charge in [-0.05, 0) is 50.7 Å². The minimum absolute atomic E-state index is 0.0187. The van der Waals surface area contributed by atoms with E-state index < -0.39 is 5.76 Å². The molecule has 0 radical (unpaired) electrons. The van der Waals surface area contributed by atoms with Crippen molar-refractivity contribution in [3.05, 3.63) is 44.4 Å². The van der Waals surface area contributed by atoms with E-state index in [2.05, 4.69) is 10.2 Å². The van der Waals surface area contributed by atoms with Crippen LogP contribution < -0.4 is 21.9 Å². The predicted octanol–water partition coefficient (Wildman–Crippen LogP) is 2.30. The molecule has 1 aromatic carbocycles. The van der Waals surface area contributed by atoms with Gasteiger partial charge in [-0.1, -0.05) is 0 Å². The first kappa shape index (κ1) is 19.0. The van der Waals surface area contributed by atoms with E-state index in [0.29, 0.717) is 40.2 Å². The first-order valence-corrected chi connectivity index (χ1v) is 10.3. The van der Waals surface area contributed by atoms with Crippen LogP contribution >= 0.6 is 0 Å². The highest BCUT2D eigenvalue weighted by Gasteiger charge is 2.32. The normalized spacial score (nSPS) is 20.3. The molecule has 30 heavy (non-hydrogen) atoms. The van der Waals surface area contributed by atoms with Crippen LogP contribution in [0, 0.1) is 18.7 Å². The third kappa shape index (κ3) is 2.96. The van der Waals surface area contributed by atoms with Gasteiger partial charge in [0.15, 0.2) is 0 Å². The number of rotatable bonds is 4. The lowest BCUT2D eigenvalue weighted by molar-refractivity contribution is 0.487. The van der Waals surface area contributed by atoms with Gasteiger partial charge in [0.1, 0.15) is 5.82 Å². The Morgan fingerprint density at radius 1 is 1.30 bits per heavy atom. The summed E-state index contributed by atoms with van der Waals surface area (Å²) in [5.41, 5.74) is 8.07. The topological polar surface area (TPSA) is 110 Å². The van der Waals surface area contributed by atoms with Gasteiger partial charge in [0.25, 0.3) is 5.56 Å². The Bertz CT molecular complexity index is 1250. The number of hydrogen-bond donors (Lipinski definition) is 2. The van der Waals surface area contributed by atoms with Gasteiger partial charge in [-0.3, -0.25) is 4.79 Å². The molecule has 0 unspecified atom stereocenters. The molecule has 5 rings (SSSR count). The summed E-state index contributed by atoms with van der Waals surface area (Å²) in [6.07, 6.45) is 2.73. The molecule has 2 aromatic heterocycles. The zero-order chi connectivity index (χ0) is 21.2. The number of benzene rings is 1. The molecule has 0 spiro atoms. The summed E-state index contributed by atoms with van der Waals surface area (Å²) in [5.74, 6) is -0.813. The van der Waals surface area contributed by atoms with Crippen molar-refractivity contribution in [3.8, 4) is 11.5 Å². The van der Waals surface area contributed by atoms with Crippen molar-refractivity contribution < 1.29 is 8.81 Å². The lowest BCUT2D eigenvalue weighted by Gasteiger charge is -2.25. The highest BCUT2D eigenvalue weighted by Crippen LogP contribution is 2.42. The number of nitrogens with zero attached hydrogens (tertiary/aromatic N) is 3. The molecule has 158 valence electrons. The van der Waals surface area contributed by atoms with E-state index in [-0.39, 0.29) is 29.4 Å². The Morgan fingerprint density at radius 3 is 2.67 bits per heavy atom. The van der Waals surface area contributed by atoms with Crippen molar-refractivity contribution in [1.82, 2.24) is 14.8 Å². The molecular formula is C21H24FN5O3. The fraction of sp³-hybridized carbons (Fsp3) is 0.476. The molecule has 1 aliphatic carbocycles. The smallest absolute Gasteiger partial charge is 0.388 e. The van der Waals surface area contributed by atoms with Crippen LogP contribution in [0.15, 0.2) is 26.1 Å². The van der Waals surface area contributed by atoms with Gasteiger partial charge in [0.2, 0.25) is 5.89 Å². The van der Waals surface area contributed by atoms with Gasteiger partial charge in [0.05, 0.1) is 16.8 Å². The Labute approximate surface area is 171 Å². The van der Waals surface area contributed by atoms with Crippen LogP contribution in [0.25, 0.3) is 22.4 Å². The van der Waals surface area contributed by atoms with E-state index in [9.17, 15) is 9.59 Å². The number of nitrogens with two attached hydrogens (primary N) is 1. The summed E-state index contributed by atoms with van der Waals surface area (Å²) >= 11 is 0. The molecule has 2 atom stereocenters. The van der Waals surface area contributed by atoms with Crippen LogP contribution in [0.4, 0.5) is 10.1 Å². The number of aromatic amines is 1. The highest BCUT2D eigenvalue weighted by atomic mass is 19.1. The number of aryl methyl sites for hydroxylation is 1. The summed E-state index contributed by atoms with van der Waals surface area (Å²) in [7, 11) is 0. The van der Waals surface area contributed by atoms with Crippen molar-refractivity contribution in [2.75, 3.05) is 18.0 Å². The molecule has 9 heteroatoms. The van der Waals surface area contributed by atoms with Crippen molar-refractivity contribution in [3.63, 3.8) is 0 Å². The monoisotopic (exact) mass is 413 g/mol. The second-order valence-corrected chi connectivity index (χ2v) is 8.50. The van der Waals surface area contributed by atoms with Gasteiger partial charge in [-0.25, -0.2) is 14.3 Å². The average molecular weight is 413 g/mol. The van der Waals surface area contributed by atoms with Crippen molar-refractivity contribution in [2.45, 2.75) is 45.2 Å². The number of aromatic nitrogens is 3. The molecule has 3 aromatic rings. The standard InChI is InChI=1S/C21H24FN5O3/c1-10-18-14(7-16(22)19(10)26-6-5-12(9-26)11(2)23)15(20-24-25-21(29)30-20)8-17(28)27(18)13-3-4-13/h7-8,11-13H,3-6,9,23H2,1-2H3,(H,25,29)/t11-,12+/m0/s1. The third-order valence-electron chi connectivity index (χ3n) is 6.36. The van der Waals surface area contributed by atoms with E-state index in [0.717, 1.165) is 25.8 Å². The van der Waals surface area contributed by atoms with Crippen LogP contribution in [-0.4, -0.2) is 33.9 Å². The fourth-order valence-corrected chi connectivity index (χ4v) is 4.68. The number of fused-ring (bicyclic) bond motifs is 1. The number of nitrogens with one attached hydrogen (secondary N) is 1. The quantitative estimate of drug-likeness (QED) is 0.679. The summed E-state index contributed by atoms with van der Waals surface area (Å²) < 4.78 is 22.3. The number of halogens is 1. The Morgan fingerprint density at radius 2 is 2.07 bits per heavy atom. The number of H-pyrrole nitrogens is 1. The van der Waals surface area contributed by atoms with Crippen LogP contribution in [0.2, 0.25) is 0 Å². The van der Waals surface area contributed by atoms with Crippen LogP contribution in [-0.2, 0) is 0 Å². The summed E-state index contributed by atoms with van der Waals surface area (Å²) in [5, 5.41) is 6.58. The number of anilines is 1. The molecule has 0 bridgehead atoms. The second kappa shape index (κ2) is 6.80. The Kier molecular flexibility index (Phi) is 4.32. The minimum atomic E-state index is -0.725. The van der Waals surface area contributed by atoms with Crippen molar-refractivity contribution in [2.24, 2.45) is 11.7 Å². The van der Waals surface area contributed by atoms with Gasteiger partial charge in [0, 0.05) is 36.6 Å². The second-order valence-electron chi connectivity index (χ2n) is 8.50. The van der Waals surface area contributed by atoms with Crippen molar-refractivity contribution in [1.29, 1.82) is 0 Å². The third-order valence-corrected chi connectivity index (χ3v) is 6.36. The molecule has 1 saturated heterocycles. The van der Waals surface area contributed by atoms with Gasteiger partial charge >= 0.3 is 5.76 Å². The first-order chi connectivity index (χ1) is 14.3. The fourth-order valence-electron chi connectivity index (χ4n) is 4.68. The molecule has 0 amide bonds. The molecule has 3 heterocycles. The van der Waals surface area contributed by atoms with Gasteiger partial charge < -0.3 is 19.6 Å². The Hall–Kier alpha value is -2.94. The molecule has 3 N–H and O–H groups in total. The predicted molar refractivity (Wildman–Crippen MR) is 111 cm³/mol. The number of hydrogen-bond acceptors (Lipinski definition) is 6. The zero-order valence-electron chi connectivity index (χ0n) is 16.9. The SMILES string of the molecule is Cc1c(N2CC[C@@H]([C@H](C)N)C2)c(F)cc2c(-c3n[nH]c(=O)o3)cc(=O)n(C3CC3)c12. The van der Waals surface area contributed by atoms with E-state index in [1.54, 1.807) is 4.57 Å². The van der Waals surface area contributed by atoms with Gasteiger partial charge in [-0.15, -0.1) is 5.10 Å². The van der Waals surface area contributed by atoms with E-state index >= 15 is 4.39 Å². The van der Waals surface area contributed by atoms with E-state index in [1.807, 2.05) is 18.7 Å². The summed E-state index contributed by atoms with van der Waals surface area (Å²) in [6.45, 7) is 5.23. The molecule has 2 aliphatic rings. The summed E-state index contributed by atoms with van der Waals surface area (Å²) in [4.78, 5) is 26.5. The van der Waals surface area contributed by atoms with Crippen LogP contribution in [0.1, 0.15) is 37.8 Å². The molecule has 2 fully saturated rings. The Balaban J connectivity index is 1.77. The molecule has 8 nitrogen and oxygen atoms in total. The molecular weight excluding hydrogens is 389 g/mol. The average Bonchev–Trinajstić information content (AvgIpc) is 3.23. The lowest BCUT2D eigenvalue weighted by Crippen LogP contribution is -2.30. The largest absolute Gasteiger partial charge is 0.434 e. The number of pyridine rings is 1. The minimum Gasteiger partial charge on any atom is -0.388 e. The zero-order valence-corrected chi connectivity index (χ0v) is 16.9. The molecule has 1 saturated carbocycles. The highest BCUT2D eigenvalue weighted by molar-refractivity contribution is 5.97. The van der Waals surface area contributed by atoms with Crippen LogP contribution in [0.3, 0.4) is 0 Å². The van der Waals surface area contributed by atoms with Gasteiger partial charge in [-0.2, -0.15) is 0 Å². The maximum Gasteiger partial charge on any atom is 0.434 e. The maximum atomic E-state index is 15.4.